The van der Waals surface area contributed by atoms with Gasteiger partial charge in [0, 0.05) is 57.0 Å². The fourth-order valence-electron chi connectivity index (χ4n) is 4.15. The van der Waals surface area contributed by atoms with Crippen LogP contribution in [0, 0.1) is 5.92 Å². The second-order valence-corrected chi connectivity index (χ2v) is 8.59. The average Bonchev–Trinajstić information content (AvgIpc) is 2.68. The van der Waals surface area contributed by atoms with Crippen molar-refractivity contribution in [1.29, 1.82) is 0 Å². The number of nitrogens with zero attached hydrogens (tertiary/aromatic N) is 3. The highest BCUT2D eigenvalue weighted by Crippen LogP contribution is 2.27. The Hall–Kier alpha value is -1.46. The molecule has 5 nitrogen and oxygen atoms in total. The van der Waals surface area contributed by atoms with E-state index in [1.54, 1.807) is 19.0 Å². The van der Waals surface area contributed by atoms with Gasteiger partial charge < -0.3 is 15.1 Å². The van der Waals surface area contributed by atoms with Crippen LogP contribution < -0.4 is 10.2 Å². The number of amides is 2. The summed E-state index contributed by atoms with van der Waals surface area (Å²) >= 11 is 5.99. The van der Waals surface area contributed by atoms with Crippen LogP contribution in [0.1, 0.15) is 32.1 Å². The number of anilines is 1. The molecule has 150 valence electrons. The second-order valence-electron chi connectivity index (χ2n) is 8.16. The van der Waals surface area contributed by atoms with E-state index in [4.69, 9.17) is 11.6 Å². The number of nitrogens with one attached hydrogen (secondary N) is 1. The highest BCUT2D eigenvalue weighted by molar-refractivity contribution is 6.30. The number of rotatable bonds is 5. The van der Waals surface area contributed by atoms with Crippen molar-refractivity contribution in [1.82, 2.24) is 15.1 Å². The van der Waals surface area contributed by atoms with Crippen LogP contribution in [0.4, 0.5) is 10.5 Å². The van der Waals surface area contributed by atoms with E-state index >= 15 is 0 Å². The van der Waals surface area contributed by atoms with Gasteiger partial charge in [0.15, 0.2) is 0 Å². The van der Waals surface area contributed by atoms with Gasteiger partial charge in [-0.05, 0) is 68.8 Å². The molecule has 0 unspecified atom stereocenters. The van der Waals surface area contributed by atoms with Crippen molar-refractivity contribution in [3.8, 4) is 0 Å². The van der Waals surface area contributed by atoms with Gasteiger partial charge in [-0.1, -0.05) is 11.6 Å². The van der Waals surface area contributed by atoms with E-state index < -0.39 is 0 Å². The Morgan fingerprint density at radius 1 is 1.07 bits per heavy atom. The molecule has 2 fully saturated rings. The third-order valence-corrected chi connectivity index (χ3v) is 6.25. The van der Waals surface area contributed by atoms with Crippen LogP contribution in [0.25, 0.3) is 0 Å². The Labute approximate surface area is 168 Å². The predicted octanol–water partition coefficient (Wildman–Crippen LogP) is 3.68. The molecule has 1 N–H and O–H groups in total. The second kappa shape index (κ2) is 9.65. The summed E-state index contributed by atoms with van der Waals surface area (Å²) in [5.41, 5.74) is 1.28. The average molecular weight is 393 g/mol. The lowest BCUT2D eigenvalue weighted by molar-refractivity contribution is 0.194. The summed E-state index contributed by atoms with van der Waals surface area (Å²) in [6, 6.07) is 8.58. The molecule has 3 rings (SSSR count). The van der Waals surface area contributed by atoms with E-state index in [2.05, 4.69) is 27.2 Å². The van der Waals surface area contributed by atoms with E-state index in [1.165, 1.54) is 31.5 Å². The van der Waals surface area contributed by atoms with Crippen LogP contribution in [0.2, 0.25) is 5.02 Å². The summed E-state index contributed by atoms with van der Waals surface area (Å²) in [4.78, 5) is 18.4. The highest BCUT2D eigenvalue weighted by Gasteiger charge is 2.24. The van der Waals surface area contributed by atoms with Gasteiger partial charge in [0.2, 0.25) is 0 Å². The minimum Gasteiger partial charge on any atom is -0.369 e. The highest BCUT2D eigenvalue weighted by atomic mass is 35.5. The Morgan fingerprint density at radius 3 is 2.30 bits per heavy atom. The number of carbonyl (C=O) groups is 1. The molecule has 1 aromatic carbocycles. The van der Waals surface area contributed by atoms with Crippen molar-refractivity contribution in [2.45, 2.75) is 38.1 Å². The molecule has 0 aromatic heterocycles. The number of hydrogen-bond acceptors (Lipinski definition) is 3. The molecule has 0 bridgehead atoms. The number of halogens is 1. The van der Waals surface area contributed by atoms with Crippen molar-refractivity contribution in [3.05, 3.63) is 29.3 Å². The van der Waals surface area contributed by atoms with Gasteiger partial charge in [-0.2, -0.15) is 0 Å². The number of piperazine rings is 1. The van der Waals surface area contributed by atoms with Gasteiger partial charge in [0.25, 0.3) is 0 Å². The van der Waals surface area contributed by atoms with E-state index in [0.717, 1.165) is 50.0 Å². The van der Waals surface area contributed by atoms with E-state index in [0.29, 0.717) is 6.04 Å². The van der Waals surface area contributed by atoms with Crippen LogP contribution in [0.3, 0.4) is 0 Å². The number of urea groups is 1. The molecule has 1 saturated heterocycles. The van der Waals surface area contributed by atoms with Crippen LogP contribution in [0.5, 0.6) is 0 Å². The van der Waals surface area contributed by atoms with Crippen molar-refractivity contribution in [2.24, 2.45) is 5.92 Å². The molecule has 1 aliphatic heterocycles. The summed E-state index contributed by atoms with van der Waals surface area (Å²) in [7, 11) is 3.60. The zero-order valence-corrected chi connectivity index (χ0v) is 17.4. The first-order valence-corrected chi connectivity index (χ1v) is 10.6. The first-order chi connectivity index (χ1) is 13.0. The molecule has 1 aliphatic carbocycles. The van der Waals surface area contributed by atoms with Crippen LogP contribution in [-0.2, 0) is 0 Å². The van der Waals surface area contributed by atoms with E-state index in [-0.39, 0.29) is 6.03 Å². The molecule has 0 spiro atoms. The third-order valence-electron chi connectivity index (χ3n) is 6.00. The zero-order valence-electron chi connectivity index (χ0n) is 16.7. The smallest absolute Gasteiger partial charge is 0.317 e. The summed E-state index contributed by atoms with van der Waals surface area (Å²) in [6.07, 6.45) is 6.00. The number of carbonyl (C=O) groups excluding carboxylic acids is 1. The van der Waals surface area contributed by atoms with Crippen LogP contribution in [-0.4, -0.2) is 68.7 Å². The summed E-state index contributed by atoms with van der Waals surface area (Å²) < 4.78 is 0. The third kappa shape index (κ3) is 6.01. The summed E-state index contributed by atoms with van der Waals surface area (Å²) in [6.45, 7) is 5.65. The first kappa shape index (κ1) is 20.3. The quantitative estimate of drug-likeness (QED) is 0.830. The molecule has 1 heterocycles. The van der Waals surface area contributed by atoms with Gasteiger partial charge >= 0.3 is 6.03 Å². The summed E-state index contributed by atoms with van der Waals surface area (Å²) in [5.74, 6) is 0.812. The van der Waals surface area contributed by atoms with Gasteiger partial charge in [0.1, 0.15) is 0 Å². The number of hydrogen-bond donors (Lipinski definition) is 1. The molecule has 2 aliphatic rings. The van der Waals surface area contributed by atoms with Crippen molar-refractivity contribution in [2.75, 3.05) is 51.7 Å². The lowest BCUT2D eigenvalue weighted by atomic mass is 9.84. The van der Waals surface area contributed by atoms with Gasteiger partial charge in [-0.15, -0.1) is 0 Å². The number of benzene rings is 1. The van der Waals surface area contributed by atoms with Crippen LogP contribution in [0.15, 0.2) is 24.3 Å². The molecule has 2 amide bonds. The maximum atomic E-state index is 11.8. The Kier molecular flexibility index (Phi) is 7.25. The fourth-order valence-corrected chi connectivity index (χ4v) is 4.27. The van der Waals surface area contributed by atoms with E-state index in [1.807, 2.05) is 12.1 Å². The molecule has 1 saturated carbocycles. The normalized spacial score (nSPS) is 23.9. The predicted molar refractivity (Wildman–Crippen MR) is 113 cm³/mol. The van der Waals surface area contributed by atoms with Gasteiger partial charge in [-0.25, -0.2) is 4.79 Å². The molecule has 0 radical (unpaired) electrons. The lowest BCUT2D eigenvalue weighted by Crippen LogP contribution is -2.47. The zero-order chi connectivity index (χ0) is 19.2. The SMILES string of the molecule is CN(C)C(=O)N[C@H]1CC[C@H](CCN2CCN(c3ccc(Cl)cc3)CC2)CC1. The molecular weight excluding hydrogens is 360 g/mol. The Balaban J connectivity index is 1.33. The van der Waals surface area contributed by atoms with Gasteiger partial charge in [-0.3, -0.25) is 4.90 Å². The van der Waals surface area contributed by atoms with Gasteiger partial charge in [0.05, 0.1) is 0 Å². The maximum absolute atomic E-state index is 11.8. The molecule has 0 atom stereocenters. The Morgan fingerprint density at radius 2 is 1.70 bits per heavy atom. The Bertz CT molecular complexity index is 591. The van der Waals surface area contributed by atoms with Crippen molar-refractivity contribution >= 4 is 23.3 Å². The molecule has 6 heteroatoms. The molecular formula is C21H33ClN4O. The van der Waals surface area contributed by atoms with Crippen LogP contribution >= 0.6 is 11.6 Å². The summed E-state index contributed by atoms with van der Waals surface area (Å²) in [5, 5.41) is 3.93. The maximum Gasteiger partial charge on any atom is 0.317 e. The first-order valence-electron chi connectivity index (χ1n) is 10.2. The van der Waals surface area contributed by atoms with Crippen molar-refractivity contribution < 1.29 is 4.79 Å². The minimum atomic E-state index is 0.0389. The lowest BCUT2D eigenvalue weighted by Gasteiger charge is -2.37. The topological polar surface area (TPSA) is 38.8 Å². The molecule has 27 heavy (non-hydrogen) atoms. The minimum absolute atomic E-state index is 0.0389. The molecule has 1 aromatic rings. The standard InChI is InChI=1S/C21H33ClN4O/c1-24(2)21(27)23-19-7-3-17(4-8-19)11-12-25-13-15-26(16-14-25)20-9-5-18(22)6-10-20/h5-6,9-10,17,19H,3-4,7-8,11-16H2,1-2H3,(H,23,27)/t17-,19-. The fraction of sp³-hybridized carbons (Fsp3) is 0.667. The largest absolute Gasteiger partial charge is 0.369 e. The van der Waals surface area contributed by atoms with Crippen molar-refractivity contribution in [3.63, 3.8) is 0 Å². The van der Waals surface area contributed by atoms with E-state index in [9.17, 15) is 4.79 Å². The monoisotopic (exact) mass is 392 g/mol.